The SMILES string of the molecule is CCNC(=NCCc1ccc(OCC)c(OCC)c1)NC1CCS(=O)(=O)C1. The molecule has 1 aromatic rings. The standard InChI is InChI=1S/C19H31N3O4S/c1-4-20-19(22-16-10-12-27(23,24)14-16)21-11-9-15-7-8-17(25-5-2)18(13-15)26-6-3/h7-8,13,16H,4-6,9-12,14H2,1-3H3,(H2,20,21,22). The Bertz CT molecular complexity index is 734. The van der Waals surface area contributed by atoms with Gasteiger partial charge in [-0.25, -0.2) is 8.42 Å². The van der Waals surface area contributed by atoms with Gasteiger partial charge in [0.25, 0.3) is 0 Å². The number of ether oxygens (including phenoxy) is 2. The first-order valence-electron chi connectivity index (χ1n) is 9.61. The summed E-state index contributed by atoms with van der Waals surface area (Å²) in [6.45, 7) is 8.38. The van der Waals surface area contributed by atoms with Gasteiger partial charge in [-0.1, -0.05) is 6.07 Å². The summed E-state index contributed by atoms with van der Waals surface area (Å²) in [5.41, 5.74) is 1.12. The maximum Gasteiger partial charge on any atom is 0.191 e. The van der Waals surface area contributed by atoms with E-state index in [0.29, 0.717) is 32.1 Å². The summed E-state index contributed by atoms with van der Waals surface area (Å²) in [6.07, 6.45) is 1.38. The first kappa shape index (κ1) is 21.3. The van der Waals surface area contributed by atoms with Crippen LogP contribution in [0.25, 0.3) is 0 Å². The quantitative estimate of drug-likeness (QED) is 0.488. The van der Waals surface area contributed by atoms with Gasteiger partial charge in [0.15, 0.2) is 27.3 Å². The van der Waals surface area contributed by atoms with Crippen molar-refractivity contribution in [1.29, 1.82) is 0 Å². The summed E-state index contributed by atoms with van der Waals surface area (Å²) in [6, 6.07) is 5.88. The van der Waals surface area contributed by atoms with E-state index in [9.17, 15) is 8.42 Å². The topological polar surface area (TPSA) is 89.0 Å². The van der Waals surface area contributed by atoms with E-state index in [1.54, 1.807) is 0 Å². The lowest BCUT2D eigenvalue weighted by atomic mass is 10.1. The predicted molar refractivity (Wildman–Crippen MR) is 109 cm³/mol. The highest BCUT2D eigenvalue weighted by Crippen LogP contribution is 2.28. The lowest BCUT2D eigenvalue weighted by Crippen LogP contribution is -2.44. The molecule has 1 fully saturated rings. The molecule has 0 aliphatic carbocycles. The van der Waals surface area contributed by atoms with Gasteiger partial charge in [0.1, 0.15) is 0 Å². The van der Waals surface area contributed by atoms with Gasteiger partial charge in [0.05, 0.1) is 24.7 Å². The van der Waals surface area contributed by atoms with E-state index >= 15 is 0 Å². The molecule has 1 unspecified atom stereocenters. The minimum atomic E-state index is -2.91. The molecule has 0 bridgehead atoms. The number of nitrogens with one attached hydrogen (secondary N) is 2. The third kappa shape index (κ3) is 6.93. The number of sulfone groups is 1. The molecule has 0 spiro atoms. The highest BCUT2D eigenvalue weighted by Gasteiger charge is 2.28. The number of guanidine groups is 1. The van der Waals surface area contributed by atoms with E-state index in [1.165, 1.54) is 0 Å². The smallest absolute Gasteiger partial charge is 0.191 e. The number of hydrogen-bond donors (Lipinski definition) is 2. The maximum absolute atomic E-state index is 11.6. The highest BCUT2D eigenvalue weighted by atomic mass is 32.2. The predicted octanol–water partition coefficient (Wildman–Crippen LogP) is 1.77. The third-order valence-electron chi connectivity index (χ3n) is 4.20. The molecule has 152 valence electrons. The Kier molecular flexibility index (Phi) is 8.22. The third-order valence-corrected chi connectivity index (χ3v) is 5.96. The van der Waals surface area contributed by atoms with Gasteiger partial charge in [0, 0.05) is 19.1 Å². The van der Waals surface area contributed by atoms with Crippen LogP contribution >= 0.6 is 0 Å². The summed E-state index contributed by atoms with van der Waals surface area (Å²) >= 11 is 0. The van der Waals surface area contributed by atoms with Crippen LogP contribution in [0.4, 0.5) is 0 Å². The molecule has 1 atom stereocenters. The second-order valence-corrected chi connectivity index (χ2v) is 8.63. The van der Waals surface area contributed by atoms with Crippen LogP contribution in [0.2, 0.25) is 0 Å². The van der Waals surface area contributed by atoms with Crippen molar-refractivity contribution in [2.45, 2.75) is 39.7 Å². The molecule has 0 saturated carbocycles. The molecule has 27 heavy (non-hydrogen) atoms. The Morgan fingerprint density at radius 2 is 1.93 bits per heavy atom. The average molecular weight is 398 g/mol. The number of rotatable bonds is 9. The van der Waals surface area contributed by atoms with Crippen LogP contribution in [0.5, 0.6) is 11.5 Å². The second kappa shape index (κ2) is 10.4. The fourth-order valence-electron chi connectivity index (χ4n) is 2.97. The van der Waals surface area contributed by atoms with Crippen molar-refractivity contribution in [2.24, 2.45) is 4.99 Å². The average Bonchev–Trinajstić information content (AvgIpc) is 2.96. The van der Waals surface area contributed by atoms with Gasteiger partial charge >= 0.3 is 0 Å². The largest absolute Gasteiger partial charge is 0.490 e. The van der Waals surface area contributed by atoms with Crippen LogP contribution in [0, 0.1) is 0 Å². The molecule has 1 saturated heterocycles. The van der Waals surface area contributed by atoms with Crippen molar-refractivity contribution >= 4 is 15.8 Å². The molecule has 8 heteroatoms. The Morgan fingerprint density at radius 1 is 1.19 bits per heavy atom. The van der Waals surface area contributed by atoms with Gasteiger partial charge in [-0.05, 0) is 51.3 Å². The molecule has 0 amide bonds. The summed E-state index contributed by atoms with van der Waals surface area (Å²) in [5.74, 6) is 2.59. The first-order chi connectivity index (χ1) is 13.0. The van der Waals surface area contributed by atoms with E-state index < -0.39 is 9.84 Å². The van der Waals surface area contributed by atoms with Gasteiger partial charge in [-0.3, -0.25) is 4.99 Å². The van der Waals surface area contributed by atoms with Crippen molar-refractivity contribution in [1.82, 2.24) is 10.6 Å². The van der Waals surface area contributed by atoms with Crippen LogP contribution in [0.3, 0.4) is 0 Å². The van der Waals surface area contributed by atoms with Crippen molar-refractivity contribution < 1.29 is 17.9 Å². The fraction of sp³-hybridized carbons (Fsp3) is 0.632. The van der Waals surface area contributed by atoms with Crippen molar-refractivity contribution in [2.75, 3.05) is 37.8 Å². The molecule has 1 aliphatic heterocycles. The monoisotopic (exact) mass is 397 g/mol. The molecule has 2 rings (SSSR count). The molecular weight excluding hydrogens is 366 g/mol. The molecule has 1 heterocycles. The molecule has 0 radical (unpaired) electrons. The number of benzene rings is 1. The van der Waals surface area contributed by atoms with Crippen LogP contribution in [-0.4, -0.2) is 58.2 Å². The Labute approximate surface area is 162 Å². The summed E-state index contributed by atoms with van der Waals surface area (Å²) in [4.78, 5) is 4.58. The molecule has 0 aromatic heterocycles. The van der Waals surface area contributed by atoms with Gasteiger partial charge in [0.2, 0.25) is 0 Å². The normalized spacial score (nSPS) is 18.9. The number of nitrogens with zero attached hydrogens (tertiary/aromatic N) is 1. The zero-order chi connectivity index (χ0) is 19.7. The first-order valence-corrected chi connectivity index (χ1v) is 11.4. The van der Waals surface area contributed by atoms with Gasteiger partial charge < -0.3 is 20.1 Å². The zero-order valence-corrected chi connectivity index (χ0v) is 17.3. The van der Waals surface area contributed by atoms with E-state index in [-0.39, 0.29) is 17.5 Å². The lowest BCUT2D eigenvalue weighted by Gasteiger charge is -2.16. The number of aliphatic imine (C=N–C) groups is 1. The van der Waals surface area contributed by atoms with Crippen molar-refractivity contribution in [3.63, 3.8) is 0 Å². The van der Waals surface area contributed by atoms with Crippen molar-refractivity contribution in [3.05, 3.63) is 23.8 Å². The lowest BCUT2D eigenvalue weighted by molar-refractivity contribution is 0.287. The van der Waals surface area contributed by atoms with Crippen LogP contribution in [0.15, 0.2) is 23.2 Å². The zero-order valence-electron chi connectivity index (χ0n) is 16.5. The Hall–Kier alpha value is -1.96. The van der Waals surface area contributed by atoms with E-state index in [4.69, 9.17) is 9.47 Å². The van der Waals surface area contributed by atoms with E-state index in [2.05, 4.69) is 15.6 Å². The Morgan fingerprint density at radius 3 is 2.56 bits per heavy atom. The molecule has 2 N–H and O–H groups in total. The summed E-state index contributed by atoms with van der Waals surface area (Å²) in [7, 11) is -2.91. The van der Waals surface area contributed by atoms with E-state index in [1.807, 2.05) is 39.0 Å². The van der Waals surface area contributed by atoms with Crippen LogP contribution in [-0.2, 0) is 16.3 Å². The minimum Gasteiger partial charge on any atom is -0.490 e. The van der Waals surface area contributed by atoms with Gasteiger partial charge in [-0.2, -0.15) is 0 Å². The Balaban J connectivity index is 1.97. The fourth-order valence-corrected chi connectivity index (χ4v) is 4.64. The van der Waals surface area contributed by atoms with Crippen molar-refractivity contribution in [3.8, 4) is 11.5 Å². The van der Waals surface area contributed by atoms with E-state index in [0.717, 1.165) is 30.0 Å². The summed E-state index contributed by atoms with van der Waals surface area (Å²) in [5, 5.41) is 6.41. The maximum atomic E-state index is 11.6. The molecule has 7 nitrogen and oxygen atoms in total. The second-order valence-electron chi connectivity index (χ2n) is 6.40. The molecular formula is C19H31N3O4S. The highest BCUT2D eigenvalue weighted by molar-refractivity contribution is 7.91. The summed E-state index contributed by atoms with van der Waals surface area (Å²) < 4.78 is 34.5. The van der Waals surface area contributed by atoms with Crippen LogP contribution in [0.1, 0.15) is 32.8 Å². The van der Waals surface area contributed by atoms with Gasteiger partial charge in [-0.15, -0.1) is 0 Å². The van der Waals surface area contributed by atoms with Crippen LogP contribution < -0.4 is 20.1 Å². The number of hydrogen-bond acceptors (Lipinski definition) is 5. The minimum absolute atomic E-state index is 0.0668. The molecule has 1 aliphatic rings. The molecule has 1 aromatic carbocycles.